The Morgan fingerprint density at radius 3 is 2.38 bits per heavy atom. The Morgan fingerprint density at radius 1 is 1.08 bits per heavy atom. The molecule has 2 aliphatic carbocycles. The lowest BCUT2D eigenvalue weighted by Crippen LogP contribution is -2.62. The highest BCUT2D eigenvalue weighted by atomic mass is 16.5. The van der Waals surface area contributed by atoms with Crippen LogP contribution in [0.4, 0.5) is 0 Å². The van der Waals surface area contributed by atoms with Crippen LogP contribution in [0, 0.1) is 0 Å². The topological polar surface area (TPSA) is 58.6 Å². The molecule has 2 fully saturated rings. The van der Waals surface area contributed by atoms with Crippen LogP contribution in [0.25, 0.3) is 0 Å². The number of hydrogen-bond acceptors (Lipinski definition) is 3. The number of benzene rings is 1. The largest absolute Gasteiger partial charge is 0.484 e. The molecule has 0 bridgehead atoms. The number of likely N-dealkylation sites (N-methyl/N-ethyl adjacent to an activating group) is 1. The van der Waals surface area contributed by atoms with E-state index in [0.717, 1.165) is 44.9 Å². The Hall–Kier alpha value is -2.04. The summed E-state index contributed by atoms with van der Waals surface area (Å²) in [5.41, 5.74) is -0.724. The van der Waals surface area contributed by atoms with Crippen molar-refractivity contribution in [1.29, 1.82) is 0 Å². The number of nitrogens with zero attached hydrogens (tertiary/aromatic N) is 1. The highest BCUT2D eigenvalue weighted by Crippen LogP contribution is 2.34. The third-order valence-corrected chi connectivity index (χ3v) is 5.92. The van der Waals surface area contributed by atoms with E-state index in [1.54, 1.807) is 11.9 Å². The molecule has 142 valence electrons. The van der Waals surface area contributed by atoms with Gasteiger partial charge in [0, 0.05) is 13.1 Å². The first-order valence-corrected chi connectivity index (χ1v) is 9.87. The molecule has 1 N–H and O–H groups in total. The summed E-state index contributed by atoms with van der Waals surface area (Å²) < 4.78 is 5.62. The van der Waals surface area contributed by atoms with Crippen molar-refractivity contribution in [2.45, 2.75) is 69.4 Å². The van der Waals surface area contributed by atoms with Crippen molar-refractivity contribution in [3.8, 4) is 5.75 Å². The molecule has 1 aromatic carbocycles. The summed E-state index contributed by atoms with van der Waals surface area (Å²) in [7, 11) is 1.76. The molecule has 0 spiro atoms. The quantitative estimate of drug-likeness (QED) is 0.849. The van der Waals surface area contributed by atoms with E-state index in [2.05, 4.69) is 5.32 Å². The Morgan fingerprint density at radius 2 is 1.73 bits per heavy atom. The second-order valence-electron chi connectivity index (χ2n) is 7.60. The number of amides is 2. The maximum atomic E-state index is 13.2. The summed E-state index contributed by atoms with van der Waals surface area (Å²) in [5.74, 6) is 0.555. The fourth-order valence-corrected chi connectivity index (χ4v) is 4.24. The van der Waals surface area contributed by atoms with E-state index in [4.69, 9.17) is 4.74 Å². The van der Waals surface area contributed by atoms with Gasteiger partial charge in [0.25, 0.3) is 5.91 Å². The zero-order valence-corrected chi connectivity index (χ0v) is 15.7. The van der Waals surface area contributed by atoms with E-state index < -0.39 is 5.54 Å². The van der Waals surface area contributed by atoms with Crippen LogP contribution in [0.15, 0.2) is 30.3 Å². The van der Waals surface area contributed by atoms with Gasteiger partial charge >= 0.3 is 0 Å². The number of hydrogen-bond donors (Lipinski definition) is 1. The Labute approximate surface area is 156 Å². The van der Waals surface area contributed by atoms with Gasteiger partial charge in [0.05, 0.1) is 0 Å². The van der Waals surface area contributed by atoms with Gasteiger partial charge in [0.1, 0.15) is 11.3 Å². The van der Waals surface area contributed by atoms with E-state index >= 15 is 0 Å². The lowest BCUT2D eigenvalue weighted by molar-refractivity contribution is -0.150. The van der Waals surface area contributed by atoms with Crippen molar-refractivity contribution in [2.75, 3.05) is 13.7 Å². The van der Waals surface area contributed by atoms with Crippen LogP contribution >= 0.6 is 0 Å². The van der Waals surface area contributed by atoms with Crippen LogP contribution < -0.4 is 10.1 Å². The monoisotopic (exact) mass is 358 g/mol. The van der Waals surface area contributed by atoms with E-state index in [1.165, 1.54) is 12.8 Å². The van der Waals surface area contributed by atoms with Crippen molar-refractivity contribution in [3.63, 3.8) is 0 Å². The maximum Gasteiger partial charge on any atom is 0.261 e. The molecule has 0 unspecified atom stereocenters. The SMILES string of the molecule is CN(C(=O)COc1ccccc1)C1(C(=O)NC2CCCC2)CCCCC1. The average molecular weight is 358 g/mol. The van der Waals surface area contributed by atoms with Gasteiger partial charge in [-0.1, -0.05) is 50.3 Å². The third kappa shape index (κ3) is 4.19. The Kier molecular flexibility index (Phi) is 6.17. The first kappa shape index (κ1) is 18.7. The van der Waals surface area contributed by atoms with Crippen LogP contribution in [0.2, 0.25) is 0 Å². The molecule has 0 heterocycles. The summed E-state index contributed by atoms with van der Waals surface area (Å²) in [5, 5.41) is 3.23. The third-order valence-electron chi connectivity index (χ3n) is 5.92. The summed E-state index contributed by atoms with van der Waals surface area (Å²) in [4.78, 5) is 27.6. The smallest absolute Gasteiger partial charge is 0.261 e. The molecule has 0 radical (unpaired) electrons. The van der Waals surface area contributed by atoms with Crippen LogP contribution in [0.1, 0.15) is 57.8 Å². The van der Waals surface area contributed by atoms with Crippen LogP contribution in [0.3, 0.4) is 0 Å². The number of nitrogens with one attached hydrogen (secondary N) is 1. The Bertz CT molecular complexity index is 605. The second-order valence-corrected chi connectivity index (χ2v) is 7.60. The van der Waals surface area contributed by atoms with Gasteiger partial charge in [0.15, 0.2) is 6.61 Å². The van der Waals surface area contributed by atoms with Crippen LogP contribution in [0.5, 0.6) is 5.75 Å². The van der Waals surface area contributed by atoms with Crippen LogP contribution in [-0.2, 0) is 9.59 Å². The normalized spacial score (nSPS) is 19.7. The highest BCUT2D eigenvalue weighted by molar-refractivity contribution is 5.92. The number of rotatable bonds is 6. The maximum absolute atomic E-state index is 13.2. The van der Waals surface area contributed by atoms with E-state index in [1.807, 2.05) is 30.3 Å². The molecular formula is C21H30N2O3. The second kappa shape index (κ2) is 8.56. The molecule has 3 rings (SSSR count). The van der Waals surface area contributed by atoms with Gasteiger partial charge in [-0.2, -0.15) is 0 Å². The van der Waals surface area contributed by atoms with E-state index in [-0.39, 0.29) is 24.5 Å². The van der Waals surface area contributed by atoms with Crippen molar-refractivity contribution >= 4 is 11.8 Å². The zero-order chi connectivity index (χ0) is 18.4. The molecule has 2 saturated carbocycles. The van der Waals surface area contributed by atoms with Gasteiger partial charge in [0.2, 0.25) is 5.91 Å². The summed E-state index contributed by atoms with van der Waals surface area (Å²) >= 11 is 0. The molecule has 0 atom stereocenters. The molecule has 5 heteroatoms. The van der Waals surface area contributed by atoms with Gasteiger partial charge in [-0.05, 0) is 37.8 Å². The molecule has 0 aliphatic heterocycles. The molecule has 1 aromatic rings. The molecular weight excluding hydrogens is 328 g/mol. The number of carbonyl (C=O) groups is 2. The van der Waals surface area contributed by atoms with Crippen molar-refractivity contribution < 1.29 is 14.3 Å². The lowest BCUT2D eigenvalue weighted by Gasteiger charge is -2.43. The fourth-order valence-electron chi connectivity index (χ4n) is 4.24. The summed E-state index contributed by atoms with van der Waals surface area (Å²) in [6.45, 7) is -0.0427. The van der Waals surface area contributed by atoms with E-state index in [0.29, 0.717) is 5.75 Å². The molecule has 0 saturated heterocycles. The summed E-state index contributed by atoms with van der Waals surface area (Å²) in [6, 6.07) is 9.59. The highest BCUT2D eigenvalue weighted by Gasteiger charge is 2.45. The number of para-hydroxylation sites is 1. The number of carbonyl (C=O) groups excluding carboxylic acids is 2. The van der Waals surface area contributed by atoms with Crippen molar-refractivity contribution in [1.82, 2.24) is 10.2 Å². The minimum Gasteiger partial charge on any atom is -0.484 e. The molecule has 2 aliphatic rings. The molecule has 2 amide bonds. The van der Waals surface area contributed by atoms with Gasteiger partial charge < -0.3 is 15.0 Å². The van der Waals surface area contributed by atoms with E-state index in [9.17, 15) is 9.59 Å². The minimum atomic E-state index is -0.724. The first-order chi connectivity index (χ1) is 12.6. The molecule has 26 heavy (non-hydrogen) atoms. The fraction of sp³-hybridized carbons (Fsp3) is 0.619. The van der Waals surface area contributed by atoms with Gasteiger partial charge in [-0.25, -0.2) is 0 Å². The standard InChI is InChI=1S/C21H30N2O3/c1-23(19(24)16-26-18-12-4-2-5-13-18)21(14-8-3-9-15-21)20(25)22-17-10-6-7-11-17/h2,4-5,12-13,17H,3,6-11,14-16H2,1H3,(H,22,25). The van der Waals surface area contributed by atoms with Crippen molar-refractivity contribution in [3.05, 3.63) is 30.3 Å². The first-order valence-electron chi connectivity index (χ1n) is 9.87. The molecule has 5 nitrogen and oxygen atoms in total. The number of ether oxygens (including phenoxy) is 1. The van der Waals surface area contributed by atoms with Gasteiger partial charge in [-0.3, -0.25) is 9.59 Å². The predicted octanol–water partition coefficient (Wildman–Crippen LogP) is 3.29. The van der Waals surface area contributed by atoms with Gasteiger partial charge in [-0.15, -0.1) is 0 Å². The molecule has 0 aromatic heterocycles. The predicted molar refractivity (Wildman–Crippen MR) is 101 cm³/mol. The zero-order valence-electron chi connectivity index (χ0n) is 15.7. The van der Waals surface area contributed by atoms with Crippen molar-refractivity contribution in [2.24, 2.45) is 0 Å². The lowest BCUT2D eigenvalue weighted by atomic mass is 9.79. The Balaban J connectivity index is 1.66. The minimum absolute atomic E-state index is 0.0275. The average Bonchev–Trinajstić information content (AvgIpc) is 3.20. The van der Waals surface area contributed by atoms with Crippen LogP contribution in [-0.4, -0.2) is 41.9 Å². The summed E-state index contributed by atoms with van der Waals surface area (Å²) in [6.07, 6.45) is 9.02.